The molecule has 0 bridgehead atoms. The molecule has 25 heavy (non-hydrogen) atoms. The Labute approximate surface area is 155 Å². The van der Waals surface area contributed by atoms with Gasteiger partial charge in [0.1, 0.15) is 6.29 Å². The quantitative estimate of drug-likeness (QED) is 0.477. The number of aryl methyl sites for hydroxylation is 1. The van der Waals surface area contributed by atoms with E-state index in [-0.39, 0.29) is 48.8 Å². The van der Waals surface area contributed by atoms with Gasteiger partial charge >= 0.3 is 18.9 Å². The Morgan fingerprint density at radius 1 is 1.04 bits per heavy atom. The molecule has 2 aromatic carbocycles. The number of hydrogen-bond acceptors (Lipinski definition) is 2. The number of halogens is 4. The summed E-state index contributed by atoms with van der Waals surface area (Å²) < 4.78 is 67.3. The maximum Gasteiger partial charge on any atom is 1.00 e. The van der Waals surface area contributed by atoms with E-state index >= 15 is 0 Å². The van der Waals surface area contributed by atoms with E-state index in [4.69, 9.17) is 9.47 Å². The second-order valence-electron chi connectivity index (χ2n) is 5.47. The summed E-state index contributed by atoms with van der Waals surface area (Å²) in [6.07, 6.45) is 0.0159. The number of benzene rings is 2. The van der Waals surface area contributed by atoms with Gasteiger partial charge in [-0.25, -0.2) is 13.2 Å². The predicted molar refractivity (Wildman–Crippen MR) is 79.2 cm³/mol. The van der Waals surface area contributed by atoms with Crippen LogP contribution in [-0.4, -0.2) is 13.2 Å². The summed E-state index contributed by atoms with van der Waals surface area (Å²) in [6.45, 7) is 2.38. The Bertz CT molecular complexity index is 761. The van der Waals surface area contributed by atoms with Crippen molar-refractivity contribution in [1.82, 2.24) is 0 Å². The molecule has 0 atom stereocenters. The molecule has 0 aliphatic carbocycles. The fraction of sp³-hybridized carbons (Fsp3) is 0.333. The predicted octanol–water partition coefficient (Wildman–Crippen LogP) is 1.71. The van der Waals surface area contributed by atoms with E-state index in [9.17, 15) is 17.6 Å². The van der Waals surface area contributed by atoms with Crippen LogP contribution < -0.4 is 18.9 Å². The first-order chi connectivity index (χ1) is 11.5. The molecule has 1 heterocycles. The van der Waals surface area contributed by atoms with Gasteiger partial charge < -0.3 is 9.47 Å². The number of ether oxygens (including phenoxy) is 2. The summed E-state index contributed by atoms with van der Waals surface area (Å²) in [5.74, 6) is -4.86. The van der Waals surface area contributed by atoms with E-state index < -0.39 is 35.1 Å². The summed E-state index contributed by atoms with van der Waals surface area (Å²) in [6, 6.07) is 5.87. The topological polar surface area (TPSA) is 18.5 Å². The number of hydrogen-bond donors (Lipinski definition) is 0. The monoisotopic (exact) mass is 346 g/mol. The molecular weight excluding hydrogens is 331 g/mol. The number of rotatable bonds is 4. The zero-order valence-electron chi connectivity index (χ0n) is 14.0. The third-order valence-electron chi connectivity index (χ3n) is 3.88. The van der Waals surface area contributed by atoms with Crippen LogP contribution in [0.4, 0.5) is 17.6 Å². The van der Waals surface area contributed by atoms with Gasteiger partial charge in [0.15, 0.2) is 11.6 Å². The molecule has 1 aliphatic rings. The van der Waals surface area contributed by atoms with Crippen LogP contribution >= 0.6 is 0 Å². The Morgan fingerprint density at radius 2 is 1.72 bits per heavy atom. The van der Waals surface area contributed by atoms with Crippen LogP contribution in [0.2, 0.25) is 0 Å². The minimum Gasteiger partial charge on any atom is -0.357 e. The summed E-state index contributed by atoms with van der Waals surface area (Å²) in [7, 11) is 0. The minimum atomic E-state index is -1.31. The van der Waals surface area contributed by atoms with Crippen LogP contribution in [0.25, 0.3) is 11.1 Å². The molecule has 0 saturated carbocycles. The van der Waals surface area contributed by atoms with Crippen molar-refractivity contribution in [3.63, 3.8) is 0 Å². The normalized spacial score (nSPS) is 14.6. The summed E-state index contributed by atoms with van der Waals surface area (Å²) in [5.41, 5.74) is -0.505. The Balaban J connectivity index is 0.00000225. The van der Waals surface area contributed by atoms with Gasteiger partial charge in [-0.15, -0.1) is 6.07 Å². The molecule has 0 unspecified atom stereocenters. The van der Waals surface area contributed by atoms with Gasteiger partial charge in [-0.2, -0.15) is 6.07 Å². The van der Waals surface area contributed by atoms with Crippen LogP contribution in [0, 0.1) is 29.3 Å². The molecule has 0 amide bonds. The van der Waals surface area contributed by atoms with E-state index in [2.05, 4.69) is 6.07 Å². The zero-order valence-corrected chi connectivity index (χ0v) is 14.0. The fourth-order valence-electron chi connectivity index (χ4n) is 2.76. The molecule has 0 aromatic heterocycles. The average Bonchev–Trinajstić information content (AvgIpc) is 3.10. The van der Waals surface area contributed by atoms with Gasteiger partial charge in [0.25, 0.3) is 0 Å². The maximum absolute atomic E-state index is 14.5. The Morgan fingerprint density at radius 3 is 2.36 bits per heavy atom. The van der Waals surface area contributed by atoms with E-state index in [1.807, 2.05) is 6.92 Å². The van der Waals surface area contributed by atoms with Crippen molar-refractivity contribution < 1.29 is 45.9 Å². The Hall–Kier alpha value is -1.32. The second kappa shape index (κ2) is 8.37. The molecule has 1 aliphatic heterocycles. The minimum absolute atomic E-state index is 0. The SMILES string of the molecule is CCCc1ccc(-c2c(C3OCCO3)c[c-]c(F)c2F)c(F)c1F.[Li+]. The fourth-order valence-corrected chi connectivity index (χ4v) is 2.76. The van der Waals surface area contributed by atoms with Crippen molar-refractivity contribution >= 4 is 0 Å². The van der Waals surface area contributed by atoms with Crippen LogP contribution in [-0.2, 0) is 15.9 Å². The molecule has 3 rings (SSSR count). The molecular formula is C18H15F4LiO2. The van der Waals surface area contributed by atoms with Crippen LogP contribution in [0.3, 0.4) is 0 Å². The van der Waals surface area contributed by atoms with E-state index in [1.54, 1.807) is 0 Å². The molecule has 2 nitrogen and oxygen atoms in total. The molecule has 2 aromatic rings. The third-order valence-corrected chi connectivity index (χ3v) is 3.88. The molecule has 1 fully saturated rings. The zero-order chi connectivity index (χ0) is 17.3. The average molecular weight is 346 g/mol. The van der Waals surface area contributed by atoms with Crippen molar-refractivity contribution in [3.05, 3.63) is 58.7 Å². The standard InChI is InChI=1S/C18H15F4O2.Li/c1-2-3-10-4-5-11(16(21)15(10)20)14-12(18-23-8-9-24-18)6-7-13(19)17(14)22;/h4-6,18H,2-3,8-9H2,1H3;/q-1;+1. The first-order valence-corrected chi connectivity index (χ1v) is 7.64. The first kappa shape index (κ1) is 20.0. The van der Waals surface area contributed by atoms with Crippen LogP contribution in [0.5, 0.6) is 0 Å². The Kier molecular flexibility index (Phi) is 6.70. The largest absolute Gasteiger partial charge is 1.00 e. The summed E-state index contributed by atoms with van der Waals surface area (Å²) >= 11 is 0. The van der Waals surface area contributed by atoms with Gasteiger partial charge in [-0.05, 0) is 17.5 Å². The molecule has 7 heteroatoms. The van der Waals surface area contributed by atoms with E-state index in [1.165, 1.54) is 12.1 Å². The van der Waals surface area contributed by atoms with Crippen molar-refractivity contribution in [2.75, 3.05) is 13.2 Å². The van der Waals surface area contributed by atoms with Gasteiger partial charge in [-0.3, -0.25) is 4.39 Å². The molecule has 1 saturated heterocycles. The smallest absolute Gasteiger partial charge is 0.357 e. The van der Waals surface area contributed by atoms with Gasteiger partial charge in [0.05, 0.1) is 19.0 Å². The van der Waals surface area contributed by atoms with Crippen LogP contribution in [0.15, 0.2) is 18.2 Å². The summed E-state index contributed by atoms with van der Waals surface area (Å²) in [5, 5.41) is 0. The van der Waals surface area contributed by atoms with Gasteiger partial charge in [-0.1, -0.05) is 36.6 Å². The molecule has 0 N–H and O–H groups in total. The van der Waals surface area contributed by atoms with Gasteiger partial charge in [0, 0.05) is 5.82 Å². The van der Waals surface area contributed by atoms with Crippen molar-refractivity contribution in [3.8, 4) is 11.1 Å². The molecule has 0 spiro atoms. The van der Waals surface area contributed by atoms with E-state index in [0.717, 1.165) is 6.07 Å². The molecule has 0 radical (unpaired) electrons. The summed E-state index contributed by atoms with van der Waals surface area (Å²) in [4.78, 5) is 0. The second-order valence-corrected chi connectivity index (χ2v) is 5.47. The van der Waals surface area contributed by atoms with Crippen molar-refractivity contribution in [2.24, 2.45) is 0 Å². The van der Waals surface area contributed by atoms with Gasteiger partial charge in [0.2, 0.25) is 0 Å². The van der Waals surface area contributed by atoms with Crippen LogP contribution in [0.1, 0.15) is 30.8 Å². The maximum atomic E-state index is 14.5. The van der Waals surface area contributed by atoms with Crippen molar-refractivity contribution in [2.45, 2.75) is 26.1 Å². The third kappa shape index (κ3) is 3.78. The molecule has 128 valence electrons. The van der Waals surface area contributed by atoms with Crippen molar-refractivity contribution in [1.29, 1.82) is 0 Å². The van der Waals surface area contributed by atoms with E-state index in [0.29, 0.717) is 12.8 Å². The first-order valence-electron chi connectivity index (χ1n) is 7.64.